The van der Waals surface area contributed by atoms with E-state index in [2.05, 4.69) is 15.5 Å². The fourth-order valence-corrected chi connectivity index (χ4v) is 5.88. The molecule has 20 heavy (non-hydrogen) atoms. The second kappa shape index (κ2) is 5.21. The van der Waals surface area contributed by atoms with Gasteiger partial charge in [-0.2, -0.15) is 5.10 Å². The lowest BCUT2D eigenvalue weighted by Gasteiger charge is -2.04. The number of fused-ring (bicyclic) bond motifs is 1. The molecule has 2 aliphatic heterocycles. The summed E-state index contributed by atoms with van der Waals surface area (Å²) in [5.74, 6) is 0.385. The third-order valence-corrected chi connectivity index (χ3v) is 6.46. The van der Waals surface area contributed by atoms with Gasteiger partial charge in [-0.05, 0) is 12.5 Å². The van der Waals surface area contributed by atoms with Crippen LogP contribution in [-0.2, 0) is 9.84 Å². The van der Waals surface area contributed by atoms with E-state index in [4.69, 9.17) is 0 Å². The molecule has 0 saturated carbocycles. The fraction of sp³-hybridized carbons (Fsp3) is 0.385. The molecule has 1 saturated heterocycles. The molecule has 2 heterocycles. The number of rotatable bonds is 2. The van der Waals surface area contributed by atoms with Crippen LogP contribution in [0.3, 0.4) is 0 Å². The van der Waals surface area contributed by atoms with E-state index in [1.807, 2.05) is 37.3 Å². The summed E-state index contributed by atoms with van der Waals surface area (Å²) < 4.78 is 22.9. The molecule has 1 fully saturated rings. The van der Waals surface area contributed by atoms with E-state index in [0.29, 0.717) is 5.17 Å². The normalized spacial score (nSPS) is 28.1. The molecule has 0 spiro atoms. The third-order valence-electron chi connectivity index (χ3n) is 3.33. The number of nitrogens with zero attached hydrogens (tertiary/aromatic N) is 2. The van der Waals surface area contributed by atoms with Crippen molar-refractivity contribution in [3.8, 4) is 0 Å². The monoisotopic (exact) mass is 309 g/mol. The molecule has 5 nitrogen and oxygen atoms in total. The zero-order chi connectivity index (χ0) is 14.2. The molecule has 3 rings (SSSR count). The van der Waals surface area contributed by atoms with E-state index in [9.17, 15) is 8.42 Å². The Morgan fingerprint density at radius 1 is 1.35 bits per heavy atom. The molecular formula is C13H15N3O2S2. The first-order valence-corrected chi connectivity index (χ1v) is 9.04. The summed E-state index contributed by atoms with van der Waals surface area (Å²) in [6, 6.07) is 9.76. The van der Waals surface area contributed by atoms with Crippen molar-refractivity contribution >= 4 is 32.5 Å². The number of hydrogen-bond donors (Lipinski definition) is 1. The van der Waals surface area contributed by atoms with Crippen LogP contribution in [0.2, 0.25) is 0 Å². The quantitative estimate of drug-likeness (QED) is 0.660. The van der Waals surface area contributed by atoms with Crippen molar-refractivity contribution < 1.29 is 8.42 Å². The molecule has 0 amide bonds. The van der Waals surface area contributed by atoms with Crippen molar-refractivity contribution in [2.45, 2.75) is 18.2 Å². The van der Waals surface area contributed by atoms with Crippen LogP contribution in [-0.4, -0.2) is 42.1 Å². The van der Waals surface area contributed by atoms with Gasteiger partial charge >= 0.3 is 0 Å². The van der Waals surface area contributed by atoms with Gasteiger partial charge in [0.2, 0.25) is 0 Å². The summed E-state index contributed by atoms with van der Waals surface area (Å²) in [5, 5.41) is 5.07. The van der Waals surface area contributed by atoms with E-state index in [0.717, 1.165) is 11.3 Å². The van der Waals surface area contributed by atoms with Crippen LogP contribution in [0.5, 0.6) is 0 Å². The van der Waals surface area contributed by atoms with Gasteiger partial charge in [0, 0.05) is 5.25 Å². The number of nitrogens with one attached hydrogen (secondary N) is 1. The van der Waals surface area contributed by atoms with Gasteiger partial charge in [0.1, 0.15) is 0 Å². The molecule has 0 bridgehead atoms. The summed E-state index contributed by atoms with van der Waals surface area (Å²) in [6.07, 6.45) is 0. The Hall–Kier alpha value is -1.34. The minimum atomic E-state index is -2.89. The highest BCUT2D eigenvalue weighted by atomic mass is 32.2. The maximum Gasteiger partial charge on any atom is 0.177 e. The third kappa shape index (κ3) is 2.88. The van der Waals surface area contributed by atoms with E-state index in [1.54, 1.807) is 0 Å². The molecule has 2 aliphatic rings. The van der Waals surface area contributed by atoms with E-state index >= 15 is 0 Å². The van der Waals surface area contributed by atoms with Crippen molar-refractivity contribution in [1.82, 2.24) is 5.43 Å². The van der Waals surface area contributed by atoms with E-state index < -0.39 is 9.84 Å². The first-order chi connectivity index (χ1) is 9.53. The molecule has 0 aromatic heterocycles. The Morgan fingerprint density at radius 3 is 2.80 bits per heavy atom. The molecule has 0 radical (unpaired) electrons. The van der Waals surface area contributed by atoms with Gasteiger partial charge < -0.3 is 0 Å². The SMILES string of the molecule is CC(=NNC1=N[C@H]2CS(=O)(=O)C[C@H]2S1)c1ccccc1. The van der Waals surface area contributed by atoms with Crippen LogP contribution in [0.15, 0.2) is 40.4 Å². The Bertz CT molecular complexity index is 668. The highest BCUT2D eigenvalue weighted by molar-refractivity contribution is 8.15. The van der Waals surface area contributed by atoms with Crippen molar-refractivity contribution in [2.75, 3.05) is 11.5 Å². The van der Waals surface area contributed by atoms with Gasteiger partial charge in [0.25, 0.3) is 0 Å². The smallest absolute Gasteiger partial charge is 0.177 e. The second-order valence-corrected chi connectivity index (χ2v) is 8.29. The second-order valence-electron chi connectivity index (χ2n) is 4.91. The molecule has 1 aromatic carbocycles. The summed E-state index contributed by atoms with van der Waals surface area (Å²) in [4.78, 5) is 4.39. The number of sulfone groups is 1. The van der Waals surface area contributed by atoms with Crippen LogP contribution >= 0.6 is 11.8 Å². The van der Waals surface area contributed by atoms with Gasteiger partial charge in [-0.1, -0.05) is 42.1 Å². The molecule has 7 heteroatoms. The average Bonchev–Trinajstić information content (AvgIpc) is 2.90. The largest absolute Gasteiger partial charge is 0.256 e. The summed E-state index contributed by atoms with van der Waals surface area (Å²) in [6.45, 7) is 1.92. The molecule has 0 unspecified atom stereocenters. The minimum Gasteiger partial charge on any atom is -0.256 e. The molecule has 0 aliphatic carbocycles. The average molecular weight is 309 g/mol. The van der Waals surface area contributed by atoms with Crippen molar-refractivity contribution in [1.29, 1.82) is 0 Å². The summed E-state index contributed by atoms with van der Waals surface area (Å²) in [5.41, 5.74) is 4.86. The Balaban J connectivity index is 1.66. The number of hydrogen-bond acceptors (Lipinski definition) is 6. The molecule has 106 valence electrons. The number of aliphatic imine (C=N–C) groups is 1. The summed E-state index contributed by atoms with van der Waals surface area (Å²) in [7, 11) is -2.89. The first kappa shape index (κ1) is 13.6. The Labute approximate surface area is 122 Å². The maximum atomic E-state index is 11.5. The number of benzene rings is 1. The summed E-state index contributed by atoms with van der Waals surface area (Å²) >= 11 is 1.47. The van der Waals surface area contributed by atoms with Crippen LogP contribution in [0.4, 0.5) is 0 Å². The van der Waals surface area contributed by atoms with Crippen molar-refractivity contribution in [3.05, 3.63) is 35.9 Å². The van der Waals surface area contributed by atoms with E-state index in [-0.39, 0.29) is 22.8 Å². The molecule has 1 N–H and O–H groups in total. The van der Waals surface area contributed by atoms with Crippen LogP contribution in [0.1, 0.15) is 12.5 Å². The van der Waals surface area contributed by atoms with E-state index in [1.165, 1.54) is 11.8 Å². The molecular weight excluding hydrogens is 294 g/mol. The highest BCUT2D eigenvalue weighted by Gasteiger charge is 2.42. The number of amidine groups is 1. The van der Waals surface area contributed by atoms with Gasteiger partial charge in [-0.15, -0.1) is 0 Å². The maximum absolute atomic E-state index is 11.5. The number of thioether (sulfide) groups is 1. The fourth-order valence-electron chi connectivity index (χ4n) is 2.29. The zero-order valence-electron chi connectivity index (χ0n) is 11.0. The predicted molar refractivity (Wildman–Crippen MR) is 83.0 cm³/mol. The van der Waals surface area contributed by atoms with Gasteiger partial charge in [-0.25, -0.2) is 8.42 Å². The number of hydrazone groups is 1. The van der Waals surface area contributed by atoms with Gasteiger partial charge in [0.05, 0.1) is 23.3 Å². The lowest BCUT2D eigenvalue weighted by Crippen LogP contribution is -2.17. The highest BCUT2D eigenvalue weighted by Crippen LogP contribution is 2.33. The van der Waals surface area contributed by atoms with Crippen LogP contribution < -0.4 is 5.43 Å². The standard InChI is InChI=1S/C13H15N3O2S2/c1-9(10-5-3-2-4-6-10)15-16-13-14-11-7-20(17,18)8-12(11)19-13/h2-6,11-12H,7-8H2,1H3,(H,14,16)/t11-,12+/m0/s1. The first-order valence-electron chi connectivity index (χ1n) is 6.34. The molecule has 2 atom stereocenters. The lowest BCUT2D eigenvalue weighted by atomic mass is 10.1. The predicted octanol–water partition coefficient (Wildman–Crippen LogP) is 1.27. The minimum absolute atomic E-state index is 0.0507. The van der Waals surface area contributed by atoms with Gasteiger partial charge in [0.15, 0.2) is 15.0 Å². The topological polar surface area (TPSA) is 70.9 Å². The Kier molecular flexibility index (Phi) is 3.55. The lowest BCUT2D eigenvalue weighted by molar-refractivity contribution is 0.601. The van der Waals surface area contributed by atoms with Crippen LogP contribution in [0, 0.1) is 0 Å². The van der Waals surface area contributed by atoms with Crippen molar-refractivity contribution in [3.63, 3.8) is 0 Å². The van der Waals surface area contributed by atoms with Gasteiger partial charge in [-0.3, -0.25) is 10.4 Å². The zero-order valence-corrected chi connectivity index (χ0v) is 12.6. The van der Waals surface area contributed by atoms with Crippen LogP contribution in [0.25, 0.3) is 0 Å². The van der Waals surface area contributed by atoms with Crippen molar-refractivity contribution in [2.24, 2.45) is 10.1 Å². The molecule has 1 aromatic rings. The Morgan fingerprint density at radius 2 is 2.10 bits per heavy atom.